The van der Waals surface area contributed by atoms with E-state index in [1.165, 1.54) is 17.7 Å². The second kappa shape index (κ2) is 22.0. The minimum absolute atomic E-state index is 0.0670. The number of carbonyl (C=O) groups excluding carboxylic acids is 1. The zero-order chi connectivity index (χ0) is 55.5. The van der Waals surface area contributed by atoms with Gasteiger partial charge < -0.3 is 44.2 Å². The molecule has 2 saturated carbocycles. The van der Waals surface area contributed by atoms with Crippen LogP contribution in [0, 0.1) is 27.4 Å². The Bertz CT molecular complexity index is 3200. The van der Waals surface area contributed by atoms with Crippen LogP contribution in [0.3, 0.4) is 0 Å². The average Bonchev–Trinajstić information content (AvgIpc) is 3.91. The van der Waals surface area contributed by atoms with Gasteiger partial charge in [0.25, 0.3) is 21.6 Å². The van der Waals surface area contributed by atoms with Crippen LogP contribution in [0.1, 0.15) is 114 Å². The summed E-state index contributed by atoms with van der Waals surface area (Å²) < 4.78 is 55.7. The highest BCUT2D eigenvalue weighted by molar-refractivity contribution is 7.90. The molecule has 4 N–H and O–H groups in total. The summed E-state index contributed by atoms with van der Waals surface area (Å²) in [6, 6.07) is 22.7. The van der Waals surface area contributed by atoms with E-state index in [0.29, 0.717) is 79.9 Å². The maximum atomic E-state index is 14.8. The summed E-state index contributed by atoms with van der Waals surface area (Å²) in [7, 11) is -4.64. The van der Waals surface area contributed by atoms with Crippen molar-refractivity contribution in [3.63, 3.8) is 0 Å². The van der Waals surface area contributed by atoms with E-state index in [1.54, 1.807) is 6.07 Å². The van der Waals surface area contributed by atoms with Crippen LogP contribution in [0.5, 0.6) is 11.6 Å². The van der Waals surface area contributed by atoms with Crippen LogP contribution in [0.15, 0.2) is 83.9 Å². The number of nitrogens with one attached hydrogen (secondary N) is 3. The number of piperidine rings is 1. The van der Waals surface area contributed by atoms with Gasteiger partial charge in [0.1, 0.15) is 28.9 Å². The molecule has 0 bridgehead atoms. The van der Waals surface area contributed by atoms with Gasteiger partial charge in [0.2, 0.25) is 5.88 Å². The first-order valence-electron chi connectivity index (χ1n) is 29.1. The van der Waals surface area contributed by atoms with E-state index in [1.807, 2.05) is 37.4 Å². The number of nitrogens with zero attached hydrogens (tertiary/aromatic N) is 6. The summed E-state index contributed by atoms with van der Waals surface area (Å²) in [5, 5.41) is 26.9. The van der Waals surface area contributed by atoms with Crippen molar-refractivity contribution in [2.24, 2.45) is 17.3 Å². The molecule has 2 aromatic heterocycles. The number of fused-ring (bicyclic) bond motifs is 3. The van der Waals surface area contributed by atoms with Gasteiger partial charge in [0.05, 0.1) is 58.1 Å². The van der Waals surface area contributed by atoms with E-state index in [4.69, 9.17) is 23.9 Å². The second-order valence-corrected chi connectivity index (χ2v) is 26.2. The van der Waals surface area contributed by atoms with Crippen LogP contribution in [0.4, 0.5) is 28.4 Å². The van der Waals surface area contributed by atoms with Gasteiger partial charge in [-0.1, -0.05) is 25.1 Å². The van der Waals surface area contributed by atoms with Gasteiger partial charge in [0, 0.05) is 93.5 Å². The Morgan fingerprint density at radius 1 is 0.925 bits per heavy atom. The predicted molar refractivity (Wildman–Crippen MR) is 306 cm³/mol. The number of sulfonamides is 1. The number of nitro groups is 1. The number of aliphatic hydroxyl groups is 1. The third-order valence-electron chi connectivity index (χ3n) is 18.7. The van der Waals surface area contributed by atoms with Crippen molar-refractivity contribution in [1.29, 1.82) is 0 Å². The highest BCUT2D eigenvalue weighted by Gasteiger charge is 2.51. The Morgan fingerprint density at radius 2 is 1.69 bits per heavy atom. The average molecular weight is 1120 g/mol. The van der Waals surface area contributed by atoms with Crippen molar-refractivity contribution >= 4 is 55.4 Å². The van der Waals surface area contributed by atoms with Gasteiger partial charge in [-0.05, 0) is 151 Å². The first kappa shape index (κ1) is 54.6. The van der Waals surface area contributed by atoms with Gasteiger partial charge in [-0.25, -0.2) is 13.1 Å². The summed E-state index contributed by atoms with van der Waals surface area (Å²) in [6.07, 6.45) is 10.1. The van der Waals surface area contributed by atoms with Crippen molar-refractivity contribution in [2.75, 3.05) is 80.8 Å². The molecular formula is C60H77N9O10S. The molecule has 5 atom stereocenters. The number of pyridine rings is 1. The molecule has 4 saturated heterocycles. The number of para-hydroxylation sites is 1. The van der Waals surface area contributed by atoms with Crippen LogP contribution >= 0.6 is 0 Å². The number of benzene rings is 3. The maximum Gasteiger partial charge on any atom is 0.293 e. The van der Waals surface area contributed by atoms with Crippen LogP contribution < -0.4 is 29.3 Å². The molecule has 1 amide bonds. The highest BCUT2D eigenvalue weighted by Crippen LogP contribution is 2.54. The molecule has 6 fully saturated rings. The van der Waals surface area contributed by atoms with Gasteiger partial charge >= 0.3 is 0 Å². The molecule has 0 radical (unpaired) electrons. The lowest BCUT2D eigenvalue weighted by Gasteiger charge is -2.59. The van der Waals surface area contributed by atoms with Gasteiger partial charge in [-0.2, -0.15) is 4.98 Å². The van der Waals surface area contributed by atoms with E-state index in [9.17, 15) is 28.4 Å². The van der Waals surface area contributed by atoms with Gasteiger partial charge in [0.15, 0.2) is 0 Å². The minimum Gasteiger partial charge on any atom is -0.491 e. The highest BCUT2D eigenvalue weighted by atomic mass is 32.2. The molecule has 0 unspecified atom stereocenters. The number of amides is 1. The summed E-state index contributed by atoms with van der Waals surface area (Å²) >= 11 is 0. The normalized spacial score (nSPS) is 27.5. The van der Waals surface area contributed by atoms with E-state index >= 15 is 0 Å². The molecule has 20 heteroatoms. The van der Waals surface area contributed by atoms with Crippen LogP contribution in [-0.4, -0.2) is 146 Å². The largest absolute Gasteiger partial charge is 0.491 e. The maximum absolute atomic E-state index is 14.8. The fourth-order valence-electron chi connectivity index (χ4n) is 14.2. The quantitative estimate of drug-likeness (QED) is 0.0603. The molecular weight excluding hydrogens is 1040 g/mol. The molecule has 2 aliphatic carbocycles. The smallest absolute Gasteiger partial charge is 0.293 e. The van der Waals surface area contributed by atoms with E-state index in [0.717, 1.165) is 114 Å². The first-order valence-corrected chi connectivity index (χ1v) is 30.5. The Kier molecular flexibility index (Phi) is 15.0. The molecule has 3 aromatic carbocycles. The predicted octanol–water partition coefficient (Wildman–Crippen LogP) is 8.95. The monoisotopic (exact) mass is 1120 g/mol. The fraction of sp³-hybridized carbons (Fsp3) is 0.567. The van der Waals surface area contributed by atoms with Crippen molar-refractivity contribution in [2.45, 2.75) is 139 Å². The SMILES string of the molecule is CC(C)Oc1ccccc1[C@@H]1CN([C@@H]2CCOC[C@H]2C)CCN1C1CC2(CCN(c3ccc(C(=O)NS(=O)(=O)c4ccc(NC[C@H]5CC[C@](C)(O)CC5)c([N+](=O)[O-])c4)c(N4c5cc6cc[nH]c6nc5O[C@H]5COCC[C@@H]54)c3)CC2)C1. The van der Waals surface area contributed by atoms with E-state index in [-0.39, 0.29) is 40.8 Å². The summed E-state index contributed by atoms with van der Waals surface area (Å²) in [5.41, 5.74) is 3.31. The van der Waals surface area contributed by atoms with Crippen molar-refractivity contribution in [3.8, 4) is 11.6 Å². The number of rotatable bonds is 14. The number of anilines is 4. The van der Waals surface area contributed by atoms with Gasteiger partial charge in [-0.15, -0.1) is 0 Å². The fourth-order valence-corrected chi connectivity index (χ4v) is 15.2. The molecule has 80 heavy (non-hydrogen) atoms. The van der Waals surface area contributed by atoms with Crippen LogP contribution in [0.2, 0.25) is 0 Å². The topological polar surface area (TPSA) is 217 Å². The molecule has 12 rings (SSSR count). The molecule has 19 nitrogen and oxygen atoms in total. The Morgan fingerprint density at radius 3 is 2.45 bits per heavy atom. The molecule has 428 valence electrons. The number of piperazine rings is 1. The first-order chi connectivity index (χ1) is 38.5. The molecule has 5 aromatic rings. The number of aromatic amines is 1. The summed E-state index contributed by atoms with van der Waals surface area (Å²) in [6.45, 7) is 15.8. The van der Waals surface area contributed by atoms with Gasteiger partial charge in [-0.3, -0.25) is 24.7 Å². The zero-order valence-electron chi connectivity index (χ0n) is 46.5. The number of carbonyl (C=O) groups is 1. The summed E-state index contributed by atoms with van der Waals surface area (Å²) in [4.78, 5) is 44.3. The van der Waals surface area contributed by atoms with Crippen LogP contribution in [0.25, 0.3) is 11.0 Å². The lowest BCUT2D eigenvalue weighted by atomic mass is 9.59. The molecule has 7 aliphatic rings. The standard InChI is InChI=1S/C60H77N9O10S/c1-38(2)78-54-8-6-5-7-45(54)53-35-66(48-16-27-76-36-39(48)3)25-26-67(53)43-32-60(33-43)20-23-65(24-21-60)42-9-11-46(50(30-42)68-49-17-28-77-37-55(49)79-58-52(68)29-41-15-22-61-56(41)63-58)57(70)64-80(74,75)44-10-12-47(51(31-44)69(72)73)62-34-40-13-18-59(4,71)19-14-40/h5-12,15,22,29-31,38-40,43,48-49,53,55,62,71H,13-14,16-21,23-28,32-37H2,1-4H3,(H,61,63)(H,64,70)/t39-,40-,48-,49+,53+,55+,59-/m1/s1. The van der Waals surface area contributed by atoms with Crippen molar-refractivity contribution in [1.82, 2.24) is 24.5 Å². The number of H-pyrrole nitrogens is 1. The zero-order valence-corrected chi connectivity index (χ0v) is 47.3. The molecule has 1 spiro atoms. The molecule has 5 aliphatic heterocycles. The van der Waals surface area contributed by atoms with E-state index < -0.39 is 43.1 Å². The number of ether oxygens (including phenoxy) is 4. The summed E-state index contributed by atoms with van der Waals surface area (Å²) in [5.74, 6) is 1.13. The number of aromatic nitrogens is 2. The van der Waals surface area contributed by atoms with Crippen molar-refractivity contribution in [3.05, 3.63) is 100 Å². The second-order valence-electron chi connectivity index (χ2n) is 24.5. The lowest BCUT2D eigenvalue weighted by Crippen LogP contribution is -2.61. The van der Waals surface area contributed by atoms with Crippen LogP contribution in [-0.2, 0) is 19.5 Å². The number of hydrogen-bond donors (Lipinski definition) is 4. The number of hydrogen-bond acceptors (Lipinski definition) is 16. The molecule has 7 heterocycles. The third-order valence-corrected chi connectivity index (χ3v) is 20.0. The Labute approximate surface area is 468 Å². The minimum atomic E-state index is -4.64. The Balaban J connectivity index is 0.804. The number of nitro benzene ring substituents is 1. The van der Waals surface area contributed by atoms with E-state index in [2.05, 4.69) is 79.7 Å². The van der Waals surface area contributed by atoms with Crippen molar-refractivity contribution < 1.29 is 42.2 Å². The third kappa shape index (κ3) is 10.9. The Hall–Kier alpha value is -6.03. The lowest BCUT2D eigenvalue weighted by molar-refractivity contribution is -0.384.